The summed E-state index contributed by atoms with van der Waals surface area (Å²) >= 11 is 1.12. The highest BCUT2D eigenvalue weighted by Gasteiger charge is 2.36. The number of allylic oxidation sites excluding steroid dienone is 2. The molecule has 448 valence electrons. The number of hydrogen-bond donors (Lipinski definition) is 7. The maximum absolute atomic E-state index is 13.1. The molecule has 2 amide bonds. The summed E-state index contributed by atoms with van der Waals surface area (Å²) < 4.78 is 50.7. The van der Waals surface area contributed by atoms with E-state index < -0.39 is 31.3 Å². The van der Waals surface area contributed by atoms with Gasteiger partial charge in [0.2, 0.25) is 11.8 Å². The number of benzene rings is 3. The van der Waals surface area contributed by atoms with Crippen molar-refractivity contribution >= 4 is 29.4 Å². The van der Waals surface area contributed by atoms with Crippen LogP contribution in [0.2, 0.25) is 0 Å². The highest BCUT2D eigenvalue weighted by molar-refractivity contribution is 7.97. The molecule has 3 aromatic carbocycles. The van der Waals surface area contributed by atoms with Gasteiger partial charge in [0.25, 0.3) is 0 Å². The first-order valence-corrected chi connectivity index (χ1v) is 30.8. The third kappa shape index (κ3) is 20.9. The molecule has 1 aliphatic carbocycles. The Bertz CT molecular complexity index is 2430. The van der Waals surface area contributed by atoms with Gasteiger partial charge in [-0.3, -0.25) is 14.7 Å². The molecule has 81 heavy (non-hydrogen) atoms. The summed E-state index contributed by atoms with van der Waals surface area (Å²) in [4.78, 5) is 26.6. The van der Waals surface area contributed by atoms with Gasteiger partial charge in [-0.15, -0.1) is 0 Å². The number of aliphatic hydroxyl groups is 2. The molecule has 18 heteroatoms. The fourth-order valence-electron chi connectivity index (χ4n) is 11.4. The van der Waals surface area contributed by atoms with Gasteiger partial charge in [0, 0.05) is 53.0 Å². The lowest BCUT2D eigenvalue weighted by Gasteiger charge is -2.38. The van der Waals surface area contributed by atoms with Gasteiger partial charge >= 0.3 is 0 Å². The number of nitrogens with one attached hydrogen (secondary N) is 2. The van der Waals surface area contributed by atoms with Gasteiger partial charge in [0.05, 0.1) is 62.0 Å². The summed E-state index contributed by atoms with van der Waals surface area (Å²) in [6.07, 6.45) is 13.7. The third-order valence-electron chi connectivity index (χ3n) is 15.6. The van der Waals surface area contributed by atoms with Crippen LogP contribution in [0.15, 0.2) is 101 Å². The van der Waals surface area contributed by atoms with Gasteiger partial charge in [-0.1, -0.05) is 76.1 Å². The number of hydrogen-bond acceptors (Lipinski definition) is 16. The number of phenols is 2. The highest BCUT2D eigenvalue weighted by Crippen LogP contribution is 2.39. The van der Waals surface area contributed by atoms with Crippen LogP contribution < -0.4 is 15.8 Å². The molecule has 4 heterocycles. The minimum absolute atomic E-state index is 0.0105. The predicted octanol–water partition coefficient (Wildman–Crippen LogP) is 12.2. The average Bonchev–Trinajstić information content (AvgIpc) is 3.73. The number of carbonyl (C=O) groups is 2. The molecule has 13 atom stereocenters. The largest absolute Gasteiger partial charge is 0.508 e. The van der Waals surface area contributed by atoms with Crippen LogP contribution in [0.3, 0.4) is 0 Å². The van der Waals surface area contributed by atoms with E-state index in [1.54, 1.807) is 36.4 Å². The zero-order valence-corrected chi connectivity index (χ0v) is 48.8. The number of anilines is 1. The van der Waals surface area contributed by atoms with Gasteiger partial charge < -0.3 is 69.0 Å². The molecular formula is C63H91N3O14S. The van der Waals surface area contributed by atoms with Gasteiger partial charge in [0.15, 0.2) is 25.2 Å². The molecule has 4 saturated heterocycles. The maximum atomic E-state index is 13.1. The van der Waals surface area contributed by atoms with Crippen molar-refractivity contribution in [3.63, 3.8) is 0 Å². The molecule has 4 aliphatic heterocycles. The number of para-hydroxylation sites is 2. The molecule has 0 bridgehead atoms. The lowest BCUT2D eigenvalue weighted by atomic mass is 9.91. The van der Waals surface area contributed by atoms with Crippen LogP contribution >= 0.6 is 11.9 Å². The van der Waals surface area contributed by atoms with E-state index in [1.807, 2.05) is 69.3 Å². The fraction of sp³-hybridized carbons (Fsp3) is 0.619. The summed E-state index contributed by atoms with van der Waals surface area (Å²) in [6.45, 7) is 8.92. The SMILES string of the molecule is CC.CC(CCCC1CC(CCCC(O)CC2CCOC(C3=CCCCC=C3O)O2)OC(c2ccccc2O)O1)CC1CC(CCCC2CC(C)OC(c3ccccc3O)O2)OC(CNC(=O)CCC(=O)Nc2ccc(SN)cc2)O1. The molecule has 5 aliphatic rings. The first-order chi connectivity index (χ1) is 39.3. The van der Waals surface area contributed by atoms with Crippen LogP contribution in [0.5, 0.6) is 11.5 Å². The van der Waals surface area contributed by atoms with Gasteiger partial charge in [-0.05, 0) is 157 Å². The smallest absolute Gasteiger partial charge is 0.224 e. The van der Waals surface area contributed by atoms with Crippen molar-refractivity contribution < 1.29 is 67.9 Å². The van der Waals surface area contributed by atoms with E-state index in [9.17, 15) is 30.0 Å². The lowest BCUT2D eigenvalue weighted by molar-refractivity contribution is -0.251. The molecule has 0 radical (unpaired) electrons. The number of aliphatic hydroxyl groups excluding tert-OH is 2. The van der Waals surface area contributed by atoms with Crippen molar-refractivity contribution in [2.75, 3.05) is 18.5 Å². The van der Waals surface area contributed by atoms with Crippen LogP contribution in [-0.2, 0) is 47.5 Å². The summed E-state index contributed by atoms with van der Waals surface area (Å²) in [5.41, 5.74) is 2.52. The molecule has 13 unspecified atom stereocenters. The van der Waals surface area contributed by atoms with Crippen LogP contribution in [0.25, 0.3) is 0 Å². The van der Waals surface area contributed by atoms with Crippen molar-refractivity contribution in [3.05, 3.63) is 107 Å². The van der Waals surface area contributed by atoms with Crippen molar-refractivity contribution in [1.29, 1.82) is 0 Å². The van der Waals surface area contributed by atoms with Crippen molar-refractivity contribution in [2.45, 2.75) is 235 Å². The quantitative estimate of drug-likeness (QED) is 0.0370. The van der Waals surface area contributed by atoms with Gasteiger partial charge in [0.1, 0.15) is 17.3 Å². The van der Waals surface area contributed by atoms with Crippen LogP contribution in [0, 0.1) is 5.92 Å². The molecule has 0 saturated carbocycles. The van der Waals surface area contributed by atoms with Crippen molar-refractivity contribution in [2.24, 2.45) is 11.1 Å². The molecule has 4 fully saturated rings. The van der Waals surface area contributed by atoms with E-state index in [-0.39, 0.29) is 91.2 Å². The van der Waals surface area contributed by atoms with Crippen LogP contribution in [0.1, 0.15) is 180 Å². The fourth-order valence-corrected chi connectivity index (χ4v) is 11.7. The Kier molecular flexibility index (Phi) is 26.6. The van der Waals surface area contributed by atoms with Crippen molar-refractivity contribution in [1.82, 2.24) is 5.32 Å². The highest BCUT2D eigenvalue weighted by atomic mass is 32.2. The molecule has 8 N–H and O–H groups in total. The Morgan fingerprint density at radius 1 is 0.654 bits per heavy atom. The average molecular weight is 1150 g/mol. The number of rotatable bonds is 26. The van der Waals surface area contributed by atoms with Gasteiger partial charge in [-0.25, -0.2) is 0 Å². The van der Waals surface area contributed by atoms with E-state index >= 15 is 0 Å². The minimum atomic E-state index is -0.718. The summed E-state index contributed by atoms with van der Waals surface area (Å²) in [7, 11) is 0. The second kappa shape index (κ2) is 33.7. The number of ether oxygens (including phenoxy) is 8. The van der Waals surface area contributed by atoms with E-state index in [0.717, 1.165) is 100 Å². The Hall–Kier alpha value is -4.57. The first kappa shape index (κ1) is 64.0. The Morgan fingerprint density at radius 3 is 1.90 bits per heavy atom. The first-order valence-electron chi connectivity index (χ1n) is 29.9. The lowest BCUT2D eigenvalue weighted by Crippen LogP contribution is -2.45. The zero-order valence-electron chi connectivity index (χ0n) is 48.0. The third-order valence-corrected chi connectivity index (χ3v) is 16.1. The summed E-state index contributed by atoms with van der Waals surface area (Å²) in [5.74, 6) is 0.252. The number of phenolic OH excluding ortho intramolecular Hbond substituents is 2. The summed E-state index contributed by atoms with van der Waals surface area (Å²) in [5, 5.41) is 54.5. The summed E-state index contributed by atoms with van der Waals surface area (Å²) in [6, 6.07) is 21.4. The Balaban J connectivity index is 0.00000468. The molecule has 8 rings (SSSR count). The zero-order chi connectivity index (χ0) is 57.5. The topological polar surface area (TPSA) is 239 Å². The molecule has 0 spiro atoms. The van der Waals surface area contributed by atoms with Crippen molar-refractivity contribution in [3.8, 4) is 11.5 Å². The van der Waals surface area contributed by atoms with Gasteiger partial charge in [-0.2, -0.15) is 0 Å². The predicted molar refractivity (Wildman–Crippen MR) is 311 cm³/mol. The van der Waals surface area contributed by atoms with E-state index in [1.165, 1.54) is 0 Å². The second-order valence-electron chi connectivity index (χ2n) is 22.1. The standard InChI is InChI=1S/C61H85N3O14S.C2H6/c1-39(13-10-15-45-36-46(78-61(77-45)52-21-7-9-24-55(52)68)16-11-14-42(65)35-47-31-32-71-59(75-47)50-19-4-3-5-22-53(50)66)33-48-37-44(18-12-17-43-34-40(2)72-60(76-43)51-20-6-8-23-54(51)67)73-58(74-48)38-63-56(69)29-30-57(70)64-41-25-27-49(79-62)28-26-41;1-2/h6-9,19-28,39-40,42-48,58-61,65-68H,3-5,10-18,29-38,62H2,1-2H3,(H,63,69)(H,64,70);1-2H3. The van der Waals surface area contributed by atoms with E-state index in [2.05, 4.69) is 17.6 Å². The molecule has 3 aromatic rings. The van der Waals surface area contributed by atoms with Crippen LogP contribution in [-0.4, -0.2) is 107 Å². The maximum Gasteiger partial charge on any atom is 0.224 e. The van der Waals surface area contributed by atoms with E-state index in [4.69, 9.17) is 43.0 Å². The number of carbonyl (C=O) groups excluding carboxylic acids is 2. The number of nitrogens with two attached hydrogens (primary N) is 1. The molecule has 17 nitrogen and oxygen atoms in total. The normalized spacial score (nSPS) is 27.8. The molecule has 0 aromatic heterocycles. The monoisotopic (exact) mass is 1150 g/mol. The minimum Gasteiger partial charge on any atom is -0.508 e. The Labute approximate surface area is 484 Å². The second-order valence-corrected chi connectivity index (χ2v) is 22.8. The molecular weight excluding hydrogens is 1050 g/mol. The van der Waals surface area contributed by atoms with E-state index in [0.29, 0.717) is 67.0 Å². The number of aromatic hydroxyl groups is 2. The Morgan fingerprint density at radius 2 is 1.22 bits per heavy atom. The number of amides is 2. The van der Waals surface area contributed by atoms with Crippen LogP contribution in [0.4, 0.5) is 5.69 Å².